The minimum absolute atomic E-state index is 0.0813. The summed E-state index contributed by atoms with van der Waals surface area (Å²) in [7, 11) is 3.38. The van der Waals surface area contributed by atoms with Gasteiger partial charge in [0.1, 0.15) is 11.4 Å². The van der Waals surface area contributed by atoms with Gasteiger partial charge >= 0.3 is 0 Å². The Morgan fingerprint density at radius 3 is 2.89 bits per heavy atom. The molecule has 0 aliphatic rings. The van der Waals surface area contributed by atoms with Gasteiger partial charge < -0.3 is 9.64 Å². The van der Waals surface area contributed by atoms with E-state index in [-0.39, 0.29) is 5.91 Å². The highest BCUT2D eigenvalue weighted by Crippen LogP contribution is 2.19. The van der Waals surface area contributed by atoms with Crippen LogP contribution in [0.5, 0.6) is 5.75 Å². The molecular weight excluding hydrogens is 248 g/mol. The summed E-state index contributed by atoms with van der Waals surface area (Å²) in [5.74, 6) is 0.706. The van der Waals surface area contributed by atoms with E-state index < -0.39 is 0 Å². The van der Waals surface area contributed by atoms with Gasteiger partial charge in [0.05, 0.1) is 12.6 Å². The molecule has 0 atom stereocenters. The van der Waals surface area contributed by atoms with Crippen LogP contribution in [-0.2, 0) is 6.54 Å². The van der Waals surface area contributed by atoms with Crippen LogP contribution >= 0.6 is 11.3 Å². The Balaban J connectivity index is 2.11. The fraction of sp³-hybridized carbons (Fsp3) is 0.231. The number of carbonyl (C=O) groups excluding carboxylic acids is 1. The molecule has 0 aliphatic heterocycles. The number of rotatable bonds is 4. The zero-order chi connectivity index (χ0) is 13.0. The number of ether oxygens (including phenoxy) is 1. The smallest absolute Gasteiger partial charge is 0.273 e. The molecule has 5 heteroatoms. The van der Waals surface area contributed by atoms with E-state index in [9.17, 15) is 4.79 Å². The summed E-state index contributed by atoms with van der Waals surface area (Å²) in [6.07, 6.45) is 0. The van der Waals surface area contributed by atoms with Gasteiger partial charge in [0.15, 0.2) is 0 Å². The molecule has 0 saturated heterocycles. The summed E-state index contributed by atoms with van der Waals surface area (Å²) in [6, 6.07) is 7.67. The molecule has 1 aromatic carbocycles. The molecule has 0 spiro atoms. The molecule has 1 aromatic heterocycles. The van der Waals surface area contributed by atoms with E-state index in [1.807, 2.05) is 24.3 Å². The monoisotopic (exact) mass is 262 g/mol. The van der Waals surface area contributed by atoms with E-state index in [1.54, 1.807) is 29.9 Å². The van der Waals surface area contributed by atoms with Gasteiger partial charge in [-0.2, -0.15) is 0 Å². The molecule has 1 heterocycles. The fourth-order valence-corrected chi connectivity index (χ4v) is 2.20. The van der Waals surface area contributed by atoms with Crippen LogP contribution in [0.25, 0.3) is 0 Å². The second-order valence-electron chi connectivity index (χ2n) is 3.85. The lowest BCUT2D eigenvalue weighted by Gasteiger charge is -2.17. The van der Waals surface area contributed by atoms with Gasteiger partial charge in [-0.3, -0.25) is 4.79 Å². The van der Waals surface area contributed by atoms with Crippen molar-refractivity contribution in [2.24, 2.45) is 0 Å². The topological polar surface area (TPSA) is 42.4 Å². The third-order valence-electron chi connectivity index (χ3n) is 2.60. The van der Waals surface area contributed by atoms with E-state index in [0.717, 1.165) is 11.3 Å². The molecule has 0 fully saturated rings. The second-order valence-corrected chi connectivity index (χ2v) is 4.57. The highest BCUT2D eigenvalue weighted by Gasteiger charge is 2.15. The summed E-state index contributed by atoms with van der Waals surface area (Å²) in [6.45, 7) is 0.500. The molecule has 4 nitrogen and oxygen atoms in total. The number of thiazole rings is 1. The number of methoxy groups -OCH3 is 1. The average molecular weight is 262 g/mol. The third-order valence-corrected chi connectivity index (χ3v) is 3.18. The molecule has 0 unspecified atom stereocenters. The first-order valence-electron chi connectivity index (χ1n) is 5.48. The van der Waals surface area contributed by atoms with Gasteiger partial charge in [-0.15, -0.1) is 11.3 Å². The summed E-state index contributed by atoms with van der Waals surface area (Å²) >= 11 is 1.42. The first-order chi connectivity index (χ1) is 8.72. The Hall–Kier alpha value is -1.88. The van der Waals surface area contributed by atoms with Crippen molar-refractivity contribution in [1.82, 2.24) is 9.88 Å². The molecule has 0 radical (unpaired) electrons. The van der Waals surface area contributed by atoms with Gasteiger partial charge in [0.2, 0.25) is 0 Å². The summed E-state index contributed by atoms with van der Waals surface area (Å²) in [4.78, 5) is 17.7. The molecule has 0 N–H and O–H groups in total. The maximum absolute atomic E-state index is 12.0. The van der Waals surface area contributed by atoms with Crippen molar-refractivity contribution >= 4 is 17.2 Å². The number of hydrogen-bond donors (Lipinski definition) is 0. The first kappa shape index (κ1) is 12.6. The van der Waals surface area contributed by atoms with Crippen molar-refractivity contribution in [2.75, 3.05) is 14.2 Å². The number of carbonyl (C=O) groups is 1. The molecule has 0 saturated carbocycles. The number of amides is 1. The number of para-hydroxylation sites is 1. The fourth-order valence-electron chi connectivity index (χ4n) is 1.67. The number of benzene rings is 1. The van der Waals surface area contributed by atoms with Crippen LogP contribution in [0.2, 0.25) is 0 Å². The number of hydrogen-bond acceptors (Lipinski definition) is 4. The van der Waals surface area contributed by atoms with E-state index >= 15 is 0 Å². The Labute approximate surface area is 110 Å². The maximum atomic E-state index is 12.0. The minimum Gasteiger partial charge on any atom is -0.496 e. The van der Waals surface area contributed by atoms with Crippen molar-refractivity contribution in [1.29, 1.82) is 0 Å². The van der Waals surface area contributed by atoms with Crippen LogP contribution in [0.4, 0.5) is 0 Å². The standard InChI is InChI=1S/C13H14N2O2S/c1-15(13(16)11-8-18-9-14-11)7-10-5-3-4-6-12(10)17-2/h3-6,8-9H,7H2,1-2H3. The van der Waals surface area contributed by atoms with E-state index in [4.69, 9.17) is 4.74 Å². The van der Waals surface area contributed by atoms with Crippen LogP contribution in [0.1, 0.15) is 16.1 Å². The average Bonchev–Trinajstić information content (AvgIpc) is 2.92. The zero-order valence-electron chi connectivity index (χ0n) is 10.3. The molecule has 0 aliphatic carbocycles. The quantitative estimate of drug-likeness (QED) is 0.850. The lowest BCUT2D eigenvalue weighted by atomic mass is 10.2. The largest absolute Gasteiger partial charge is 0.496 e. The predicted octanol–water partition coefficient (Wildman–Crippen LogP) is 2.42. The van der Waals surface area contributed by atoms with Crippen LogP contribution in [-0.4, -0.2) is 29.9 Å². The molecular formula is C13H14N2O2S. The minimum atomic E-state index is -0.0813. The summed E-state index contributed by atoms with van der Waals surface area (Å²) in [5.41, 5.74) is 3.12. The van der Waals surface area contributed by atoms with Gasteiger partial charge in [0, 0.05) is 24.5 Å². The molecule has 0 bridgehead atoms. The lowest BCUT2D eigenvalue weighted by Crippen LogP contribution is -2.26. The molecule has 94 valence electrons. The lowest BCUT2D eigenvalue weighted by molar-refractivity contribution is 0.0779. The van der Waals surface area contributed by atoms with Crippen molar-refractivity contribution in [3.05, 3.63) is 46.4 Å². The van der Waals surface area contributed by atoms with E-state index in [2.05, 4.69) is 4.98 Å². The summed E-state index contributed by atoms with van der Waals surface area (Å²) in [5, 5.41) is 1.75. The van der Waals surface area contributed by atoms with Crippen molar-refractivity contribution < 1.29 is 9.53 Å². The number of nitrogens with zero attached hydrogens (tertiary/aromatic N) is 2. The Morgan fingerprint density at radius 1 is 1.44 bits per heavy atom. The first-order valence-corrected chi connectivity index (χ1v) is 6.42. The third kappa shape index (κ3) is 2.68. The normalized spacial score (nSPS) is 10.1. The van der Waals surface area contributed by atoms with Crippen molar-refractivity contribution in [2.45, 2.75) is 6.54 Å². The van der Waals surface area contributed by atoms with Crippen LogP contribution in [0, 0.1) is 0 Å². The van der Waals surface area contributed by atoms with Gasteiger partial charge in [-0.1, -0.05) is 18.2 Å². The molecule has 2 rings (SSSR count). The van der Waals surface area contributed by atoms with E-state index in [0.29, 0.717) is 12.2 Å². The Bertz CT molecular complexity index is 526. The van der Waals surface area contributed by atoms with Crippen LogP contribution in [0.15, 0.2) is 35.2 Å². The predicted molar refractivity (Wildman–Crippen MR) is 70.9 cm³/mol. The van der Waals surface area contributed by atoms with Crippen LogP contribution in [0.3, 0.4) is 0 Å². The highest BCUT2D eigenvalue weighted by atomic mass is 32.1. The molecule has 2 aromatic rings. The zero-order valence-corrected chi connectivity index (χ0v) is 11.1. The van der Waals surface area contributed by atoms with Gasteiger partial charge in [0.25, 0.3) is 5.91 Å². The number of aromatic nitrogens is 1. The molecule has 1 amide bonds. The summed E-state index contributed by atoms with van der Waals surface area (Å²) < 4.78 is 5.27. The Kier molecular flexibility index (Phi) is 3.94. The van der Waals surface area contributed by atoms with Gasteiger partial charge in [-0.05, 0) is 6.07 Å². The van der Waals surface area contributed by atoms with Gasteiger partial charge in [-0.25, -0.2) is 4.98 Å². The van der Waals surface area contributed by atoms with Crippen molar-refractivity contribution in [3.8, 4) is 5.75 Å². The van der Waals surface area contributed by atoms with Crippen LogP contribution < -0.4 is 4.74 Å². The highest BCUT2D eigenvalue weighted by molar-refractivity contribution is 7.07. The van der Waals surface area contributed by atoms with Crippen molar-refractivity contribution in [3.63, 3.8) is 0 Å². The van der Waals surface area contributed by atoms with E-state index in [1.165, 1.54) is 11.3 Å². The second kappa shape index (κ2) is 5.64. The maximum Gasteiger partial charge on any atom is 0.273 e. The Morgan fingerprint density at radius 2 is 2.22 bits per heavy atom. The molecule has 18 heavy (non-hydrogen) atoms. The SMILES string of the molecule is COc1ccccc1CN(C)C(=O)c1cscn1.